The number of aromatic nitrogens is 6. The highest BCUT2D eigenvalue weighted by molar-refractivity contribution is 5.76. The smallest absolute Gasteiger partial charge is 0.255 e. The first-order valence-electron chi connectivity index (χ1n) is 16.9. The lowest BCUT2D eigenvalue weighted by atomic mass is 9.96. The van der Waals surface area contributed by atoms with Gasteiger partial charge < -0.3 is 26.4 Å². The van der Waals surface area contributed by atoms with Gasteiger partial charge in [-0.15, -0.1) is 0 Å². The van der Waals surface area contributed by atoms with Gasteiger partial charge in [-0.2, -0.15) is 9.97 Å². The Hall–Kier alpha value is -3.94. The zero-order chi connectivity index (χ0) is 33.8. The van der Waals surface area contributed by atoms with Crippen LogP contribution in [0.3, 0.4) is 0 Å². The predicted molar refractivity (Wildman–Crippen MR) is 184 cm³/mol. The van der Waals surface area contributed by atoms with Crippen LogP contribution in [-0.4, -0.2) is 69.7 Å². The molecule has 0 aromatic carbocycles. The van der Waals surface area contributed by atoms with Gasteiger partial charge in [-0.1, -0.05) is 38.5 Å². The Morgan fingerprint density at radius 1 is 0.766 bits per heavy atom. The molecule has 0 saturated heterocycles. The van der Waals surface area contributed by atoms with Crippen molar-refractivity contribution in [3.63, 3.8) is 0 Å². The van der Waals surface area contributed by atoms with Gasteiger partial charge >= 0.3 is 0 Å². The van der Waals surface area contributed by atoms with Gasteiger partial charge in [0.2, 0.25) is 11.9 Å². The van der Waals surface area contributed by atoms with Crippen LogP contribution in [0.4, 0.5) is 11.9 Å². The van der Waals surface area contributed by atoms with Crippen LogP contribution in [0.5, 0.6) is 0 Å². The molecule has 4 aromatic rings. The highest BCUT2D eigenvalue weighted by Crippen LogP contribution is 2.21. The Morgan fingerprint density at radius 3 is 1.74 bits per heavy atom. The second-order valence-electron chi connectivity index (χ2n) is 12.5. The van der Waals surface area contributed by atoms with Crippen molar-refractivity contribution in [3.8, 4) is 0 Å². The van der Waals surface area contributed by atoms with Crippen LogP contribution in [-0.2, 0) is 13.1 Å². The fraction of sp³-hybridized carbons (Fsp3) is 0.588. The average molecular weight is 651 g/mol. The van der Waals surface area contributed by atoms with E-state index < -0.39 is 0 Å². The van der Waals surface area contributed by atoms with E-state index in [1.54, 1.807) is 36.9 Å². The Balaban J connectivity index is 0.000000182. The quantitative estimate of drug-likeness (QED) is 0.187. The van der Waals surface area contributed by atoms with Crippen molar-refractivity contribution in [1.82, 2.24) is 29.1 Å². The number of nitrogens with one attached hydrogen (secondary N) is 1. The van der Waals surface area contributed by atoms with Gasteiger partial charge in [-0.3, -0.25) is 18.7 Å². The number of fused-ring (bicyclic) bond motifs is 2. The maximum Gasteiger partial charge on any atom is 0.255 e. The molecular formula is C34H50N8O5. The minimum Gasteiger partial charge on any atom is -0.396 e. The molecule has 6 rings (SSSR count). The van der Waals surface area contributed by atoms with E-state index in [1.807, 2.05) is 6.07 Å². The summed E-state index contributed by atoms with van der Waals surface area (Å²) in [7, 11) is 0. The average Bonchev–Trinajstić information content (AvgIpc) is 3.07. The second kappa shape index (κ2) is 17.8. The fourth-order valence-electron chi connectivity index (χ4n) is 6.07. The topological polar surface area (TPSA) is 194 Å². The van der Waals surface area contributed by atoms with Crippen LogP contribution in [0, 0.1) is 13.8 Å². The lowest BCUT2D eigenvalue weighted by Crippen LogP contribution is -2.26. The van der Waals surface area contributed by atoms with E-state index in [2.05, 4.69) is 25.3 Å². The van der Waals surface area contributed by atoms with E-state index in [0.717, 1.165) is 36.5 Å². The number of anilines is 2. The standard InChI is InChI=1S/C17H24N4O2.C11H14N4O2.C6H12O/c1-12-10-13-11-18-17(19-14-6-3-2-4-7-14)20-15(13)21(16(12)23)8-5-9-22;1-7-5-8-6-13-11(12)14-9(8)15(10(7)17)3-2-4-16;7-6-4-2-1-3-5-6/h10-11,14,22H,2-9H2,1H3,(H,18,19,20);5-6,16H,2-4H2,1H3,(H2,12,13,14);6-7H,1-5H2. The second-order valence-corrected chi connectivity index (χ2v) is 12.5. The number of hydrogen-bond donors (Lipinski definition) is 5. The molecule has 13 heteroatoms. The van der Waals surface area contributed by atoms with E-state index in [4.69, 9.17) is 21.1 Å². The van der Waals surface area contributed by atoms with Gasteiger partial charge in [0.15, 0.2) is 0 Å². The molecule has 0 atom stereocenters. The summed E-state index contributed by atoms with van der Waals surface area (Å²) in [4.78, 5) is 41.3. The summed E-state index contributed by atoms with van der Waals surface area (Å²) in [6.45, 7) is 4.51. The molecule has 0 unspecified atom stereocenters. The number of nitrogen functional groups attached to an aromatic ring is 1. The van der Waals surface area contributed by atoms with Crippen molar-refractivity contribution in [1.29, 1.82) is 0 Å². The number of aliphatic hydroxyl groups is 3. The van der Waals surface area contributed by atoms with Crippen molar-refractivity contribution in [2.24, 2.45) is 0 Å². The lowest BCUT2D eigenvalue weighted by molar-refractivity contribution is 0.130. The molecule has 0 amide bonds. The van der Waals surface area contributed by atoms with Crippen LogP contribution in [0.25, 0.3) is 22.1 Å². The monoisotopic (exact) mass is 650 g/mol. The predicted octanol–water partition coefficient (Wildman–Crippen LogP) is 3.60. The zero-order valence-electron chi connectivity index (χ0n) is 27.7. The lowest BCUT2D eigenvalue weighted by Gasteiger charge is -2.22. The van der Waals surface area contributed by atoms with E-state index in [-0.39, 0.29) is 36.4 Å². The number of pyridine rings is 2. The molecule has 6 N–H and O–H groups in total. The summed E-state index contributed by atoms with van der Waals surface area (Å²) >= 11 is 0. The first-order chi connectivity index (χ1) is 22.7. The highest BCUT2D eigenvalue weighted by Gasteiger charge is 2.16. The normalized spacial score (nSPS) is 15.5. The molecule has 4 aromatic heterocycles. The summed E-state index contributed by atoms with van der Waals surface area (Å²) in [5.74, 6) is 0.726. The molecule has 2 saturated carbocycles. The van der Waals surface area contributed by atoms with Crippen LogP contribution in [0.1, 0.15) is 88.2 Å². The van der Waals surface area contributed by atoms with E-state index in [0.29, 0.717) is 60.3 Å². The number of nitrogens with two attached hydrogens (primary N) is 1. The Bertz CT molecular complexity index is 1710. The Kier molecular flexibility index (Phi) is 13.6. The van der Waals surface area contributed by atoms with E-state index >= 15 is 0 Å². The molecular weight excluding hydrogens is 600 g/mol. The van der Waals surface area contributed by atoms with Crippen molar-refractivity contribution >= 4 is 34.0 Å². The molecule has 2 aliphatic rings. The third-order valence-corrected chi connectivity index (χ3v) is 8.62. The fourth-order valence-corrected chi connectivity index (χ4v) is 6.07. The van der Waals surface area contributed by atoms with Crippen molar-refractivity contribution in [2.45, 2.75) is 116 Å². The highest BCUT2D eigenvalue weighted by atomic mass is 16.3. The number of nitrogens with zero attached hydrogens (tertiary/aromatic N) is 6. The summed E-state index contributed by atoms with van der Waals surface area (Å²) in [5.41, 5.74) is 7.83. The van der Waals surface area contributed by atoms with Crippen LogP contribution < -0.4 is 22.2 Å². The number of aliphatic hydroxyl groups excluding tert-OH is 3. The van der Waals surface area contributed by atoms with E-state index in [1.165, 1.54) is 43.1 Å². The summed E-state index contributed by atoms with van der Waals surface area (Å²) in [6, 6.07) is 3.99. The zero-order valence-corrected chi connectivity index (χ0v) is 27.7. The molecule has 0 bridgehead atoms. The van der Waals surface area contributed by atoms with Crippen LogP contribution >= 0.6 is 0 Å². The first-order valence-corrected chi connectivity index (χ1v) is 16.9. The van der Waals surface area contributed by atoms with Crippen molar-refractivity contribution in [2.75, 3.05) is 24.3 Å². The molecule has 0 aliphatic heterocycles. The van der Waals surface area contributed by atoms with Gasteiger partial charge in [0, 0.05) is 66.6 Å². The van der Waals surface area contributed by atoms with Crippen LogP contribution in [0.2, 0.25) is 0 Å². The van der Waals surface area contributed by atoms with Crippen LogP contribution in [0.15, 0.2) is 34.1 Å². The Labute approximate surface area is 274 Å². The van der Waals surface area contributed by atoms with Gasteiger partial charge in [-0.05, 0) is 64.5 Å². The largest absolute Gasteiger partial charge is 0.396 e. The van der Waals surface area contributed by atoms with Gasteiger partial charge in [0.25, 0.3) is 11.1 Å². The molecule has 256 valence electrons. The molecule has 2 aliphatic carbocycles. The molecule has 2 fully saturated rings. The summed E-state index contributed by atoms with van der Waals surface area (Å²) in [5, 5.41) is 31.9. The molecule has 0 radical (unpaired) electrons. The molecule has 4 heterocycles. The van der Waals surface area contributed by atoms with Crippen molar-refractivity contribution in [3.05, 3.63) is 56.4 Å². The molecule has 0 spiro atoms. The van der Waals surface area contributed by atoms with Gasteiger partial charge in [-0.25, -0.2) is 9.97 Å². The number of aryl methyl sites for hydroxylation is 4. The van der Waals surface area contributed by atoms with Gasteiger partial charge in [0.05, 0.1) is 6.10 Å². The van der Waals surface area contributed by atoms with E-state index in [9.17, 15) is 9.59 Å². The summed E-state index contributed by atoms with van der Waals surface area (Å²) < 4.78 is 3.17. The maximum absolute atomic E-state index is 12.4. The minimum absolute atomic E-state index is 0.0302. The molecule has 13 nitrogen and oxygen atoms in total. The summed E-state index contributed by atoms with van der Waals surface area (Å²) in [6.07, 6.45) is 16.4. The van der Waals surface area contributed by atoms with Gasteiger partial charge in [0.1, 0.15) is 11.3 Å². The SMILES string of the molecule is Cc1cc2cnc(N)nc2n(CCCO)c1=O.Cc1cc2cnc(NC3CCCCC3)nc2n(CCCO)c1=O.OC1CCCCC1. The third-order valence-electron chi connectivity index (χ3n) is 8.62. The Morgan fingerprint density at radius 2 is 1.26 bits per heavy atom. The maximum atomic E-state index is 12.4. The molecule has 47 heavy (non-hydrogen) atoms. The number of hydrogen-bond acceptors (Lipinski definition) is 11. The first kappa shape index (κ1) is 35.9. The minimum atomic E-state index is -0.107. The third kappa shape index (κ3) is 10.0. The number of rotatable bonds is 8. The van der Waals surface area contributed by atoms with Crippen molar-refractivity contribution < 1.29 is 15.3 Å².